The van der Waals surface area contributed by atoms with Crippen molar-refractivity contribution in [2.45, 2.75) is 6.18 Å². The topological polar surface area (TPSA) is 53.6 Å². The van der Waals surface area contributed by atoms with Gasteiger partial charge in [-0.25, -0.2) is 0 Å². The molecule has 0 unspecified atom stereocenters. The van der Waals surface area contributed by atoms with Crippen LogP contribution in [0.25, 0.3) is 0 Å². The van der Waals surface area contributed by atoms with E-state index < -0.39 is 17.6 Å². The number of benzene rings is 2. The molecule has 0 aliphatic carbocycles. The van der Waals surface area contributed by atoms with Crippen LogP contribution in [-0.4, -0.2) is 38.8 Å². The van der Waals surface area contributed by atoms with Crippen molar-refractivity contribution in [3.63, 3.8) is 0 Å². The van der Waals surface area contributed by atoms with Crippen molar-refractivity contribution in [3.05, 3.63) is 53.1 Å². The van der Waals surface area contributed by atoms with E-state index in [1.807, 2.05) is 6.07 Å². The molecule has 0 aromatic heterocycles. The molecular formula is C19H19ClF3N3O2. The van der Waals surface area contributed by atoms with Crippen molar-refractivity contribution in [1.82, 2.24) is 0 Å². The first-order valence-corrected chi connectivity index (χ1v) is 9.04. The van der Waals surface area contributed by atoms with Gasteiger partial charge in [-0.1, -0.05) is 23.7 Å². The molecular weight excluding hydrogens is 395 g/mol. The summed E-state index contributed by atoms with van der Waals surface area (Å²) < 4.78 is 44.5. The molecule has 1 amide bonds. The van der Waals surface area contributed by atoms with Crippen molar-refractivity contribution < 1.29 is 22.7 Å². The van der Waals surface area contributed by atoms with E-state index in [-0.39, 0.29) is 12.2 Å². The van der Waals surface area contributed by atoms with Gasteiger partial charge in [0.15, 0.2) is 0 Å². The molecule has 0 spiro atoms. The van der Waals surface area contributed by atoms with E-state index in [1.165, 1.54) is 18.2 Å². The van der Waals surface area contributed by atoms with Crippen LogP contribution in [0.1, 0.15) is 5.56 Å². The molecule has 1 saturated heterocycles. The molecule has 0 radical (unpaired) electrons. The first-order valence-electron chi connectivity index (χ1n) is 8.67. The number of nitrogens with one attached hydrogen (secondary N) is 2. The number of carbonyl (C=O) groups excluding carboxylic acids is 1. The van der Waals surface area contributed by atoms with Gasteiger partial charge in [-0.15, -0.1) is 0 Å². The average Bonchev–Trinajstić information content (AvgIpc) is 2.67. The predicted molar refractivity (Wildman–Crippen MR) is 103 cm³/mol. The Morgan fingerprint density at radius 2 is 1.82 bits per heavy atom. The van der Waals surface area contributed by atoms with E-state index >= 15 is 0 Å². The van der Waals surface area contributed by atoms with E-state index in [4.69, 9.17) is 16.3 Å². The summed E-state index contributed by atoms with van der Waals surface area (Å²) in [5, 5.41) is 5.77. The summed E-state index contributed by atoms with van der Waals surface area (Å²) in [7, 11) is 0. The Balaban J connectivity index is 1.69. The zero-order chi connectivity index (χ0) is 20.1. The van der Waals surface area contributed by atoms with Crippen LogP contribution in [-0.2, 0) is 15.7 Å². The number of para-hydroxylation sites is 1. The molecule has 3 rings (SSSR count). The number of nitrogens with zero attached hydrogens (tertiary/aromatic N) is 1. The maximum atomic E-state index is 13.1. The second kappa shape index (κ2) is 8.70. The fraction of sp³-hybridized carbons (Fsp3) is 0.316. The Kier molecular flexibility index (Phi) is 6.31. The third kappa shape index (κ3) is 5.08. The molecule has 1 heterocycles. The van der Waals surface area contributed by atoms with Gasteiger partial charge >= 0.3 is 6.18 Å². The fourth-order valence-corrected chi connectivity index (χ4v) is 3.11. The average molecular weight is 414 g/mol. The first-order chi connectivity index (χ1) is 13.3. The van der Waals surface area contributed by atoms with Crippen LogP contribution in [0, 0.1) is 0 Å². The normalized spacial score (nSPS) is 14.6. The molecule has 150 valence electrons. The predicted octanol–water partition coefficient (Wildman–Crippen LogP) is 4.25. The van der Waals surface area contributed by atoms with Crippen LogP contribution >= 0.6 is 11.6 Å². The van der Waals surface area contributed by atoms with Crippen molar-refractivity contribution in [1.29, 1.82) is 0 Å². The number of ether oxygens (including phenoxy) is 1. The largest absolute Gasteiger partial charge is 0.418 e. The van der Waals surface area contributed by atoms with Crippen LogP contribution in [0.15, 0.2) is 42.5 Å². The molecule has 28 heavy (non-hydrogen) atoms. The molecule has 5 nitrogen and oxygen atoms in total. The number of alkyl halides is 3. The van der Waals surface area contributed by atoms with Gasteiger partial charge in [-0.05, 0) is 30.3 Å². The summed E-state index contributed by atoms with van der Waals surface area (Å²) in [5.74, 6) is -0.593. The molecule has 1 fully saturated rings. The third-order valence-electron chi connectivity index (χ3n) is 4.26. The van der Waals surface area contributed by atoms with Crippen molar-refractivity contribution >= 4 is 34.6 Å². The molecule has 0 saturated carbocycles. The highest BCUT2D eigenvalue weighted by molar-refractivity contribution is 6.31. The summed E-state index contributed by atoms with van der Waals surface area (Å²) >= 11 is 6.06. The lowest BCUT2D eigenvalue weighted by molar-refractivity contribution is -0.137. The van der Waals surface area contributed by atoms with Gasteiger partial charge in [-0.3, -0.25) is 4.79 Å². The summed E-state index contributed by atoms with van der Waals surface area (Å²) in [6.07, 6.45) is -4.55. The zero-order valence-corrected chi connectivity index (χ0v) is 15.6. The maximum absolute atomic E-state index is 13.1. The molecule has 0 bridgehead atoms. The minimum Gasteiger partial charge on any atom is -0.378 e. The smallest absolute Gasteiger partial charge is 0.378 e. The highest BCUT2D eigenvalue weighted by atomic mass is 35.5. The van der Waals surface area contributed by atoms with E-state index in [0.29, 0.717) is 37.0 Å². The zero-order valence-electron chi connectivity index (χ0n) is 14.9. The Morgan fingerprint density at radius 3 is 2.54 bits per heavy atom. The Hall–Kier alpha value is -2.45. The number of amides is 1. The molecule has 2 aromatic rings. The highest BCUT2D eigenvalue weighted by Crippen LogP contribution is 2.34. The van der Waals surface area contributed by atoms with Gasteiger partial charge in [0.2, 0.25) is 5.91 Å². The van der Waals surface area contributed by atoms with Crippen LogP contribution in [0.5, 0.6) is 0 Å². The van der Waals surface area contributed by atoms with Crippen LogP contribution in [0.2, 0.25) is 5.02 Å². The van der Waals surface area contributed by atoms with E-state index in [9.17, 15) is 18.0 Å². The van der Waals surface area contributed by atoms with Crippen molar-refractivity contribution in [2.24, 2.45) is 0 Å². The summed E-state index contributed by atoms with van der Waals surface area (Å²) in [6, 6.07) is 10.1. The van der Waals surface area contributed by atoms with Gasteiger partial charge in [0.05, 0.1) is 42.4 Å². The summed E-state index contributed by atoms with van der Waals surface area (Å²) in [6.45, 7) is 2.38. The second-order valence-electron chi connectivity index (χ2n) is 6.21. The monoisotopic (exact) mass is 413 g/mol. The van der Waals surface area contributed by atoms with Crippen LogP contribution in [0.3, 0.4) is 0 Å². The van der Waals surface area contributed by atoms with E-state index in [2.05, 4.69) is 15.5 Å². The molecule has 2 N–H and O–H groups in total. The van der Waals surface area contributed by atoms with E-state index in [1.54, 1.807) is 12.1 Å². The van der Waals surface area contributed by atoms with Crippen molar-refractivity contribution in [2.75, 3.05) is 48.4 Å². The lowest BCUT2D eigenvalue weighted by Gasteiger charge is -2.30. The Morgan fingerprint density at radius 1 is 1.11 bits per heavy atom. The lowest BCUT2D eigenvalue weighted by atomic mass is 10.1. The Labute approximate surface area is 165 Å². The molecule has 0 atom stereocenters. The molecule has 2 aromatic carbocycles. The SMILES string of the molecule is O=C(CNc1cc(Cl)ccc1N1CCOCC1)Nc1ccccc1C(F)(F)F. The van der Waals surface area contributed by atoms with Gasteiger partial charge in [0.25, 0.3) is 0 Å². The summed E-state index contributed by atoms with van der Waals surface area (Å²) in [4.78, 5) is 14.3. The first kappa shape index (κ1) is 20.3. The quantitative estimate of drug-likeness (QED) is 0.769. The molecule has 1 aliphatic rings. The van der Waals surface area contributed by atoms with Gasteiger partial charge in [-0.2, -0.15) is 13.2 Å². The lowest BCUT2D eigenvalue weighted by Crippen LogP contribution is -2.36. The highest BCUT2D eigenvalue weighted by Gasteiger charge is 2.33. The number of anilines is 3. The van der Waals surface area contributed by atoms with Crippen LogP contribution < -0.4 is 15.5 Å². The number of morpholine rings is 1. The van der Waals surface area contributed by atoms with E-state index in [0.717, 1.165) is 11.8 Å². The number of hydrogen-bond donors (Lipinski definition) is 2. The van der Waals surface area contributed by atoms with Gasteiger partial charge in [0, 0.05) is 18.1 Å². The molecule has 9 heteroatoms. The number of halogens is 4. The standard InChI is InChI=1S/C19H19ClF3N3O2/c20-13-5-6-17(26-7-9-28-10-8-26)16(11-13)24-12-18(27)25-15-4-2-1-3-14(15)19(21,22)23/h1-6,11,24H,7-10,12H2,(H,25,27). The molecule has 1 aliphatic heterocycles. The maximum Gasteiger partial charge on any atom is 0.418 e. The third-order valence-corrected chi connectivity index (χ3v) is 4.49. The Bertz CT molecular complexity index is 839. The second-order valence-corrected chi connectivity index (χ2v) is 6.64. The van der Waals surface area contributed by atoms with Crippen molar-refractivity contribution in [3.8, 4) is 0 Å². The number of rotatable bonds is 5. The van der Waals surface area contributed by atoms with Crippen LogP contribution in [0.4, 0.5) is 30.2 Å². The minimum absolute atomic E-state index is 0.204. The summed E-state index contributed by atoms with van der Waals surface area (Å²) in [5.41, 5.74) is 0.325. The van der Waals surface area contributed by atoms with Gasteiger partial charge < -0.3 is 20.3 Å². The fourth-order valence-electron chi connectivity index (χ4n) is 2.94. The van der Waals surface area contributed by atoms with Gasteiger partial charge in [0.1, 0.15) is 0 Å². The number of hydrogen-bond acceptors (Lipinski definition) is 4. The number of carbonyl (C=O) groups is 1. The minimum atomic E-state index is -4.55.